The van der Waals surface area contributed by atoms with Crippen LogP contribution in [0.5, 0.6) is 0 Å². The highest BCUT2D eigenvalue weighted by Gasteiger charge is 2.10. The second-order valence-electron chi connectivity index (χ2n) is 3.93. The molecule has 0 fully saturated rings. The van der Waals surface area contributed by atoms with Gasteiger partial charge in [0.1, 0.15) is 0 Å². The summed E-state index contributed by atoms with van der Waals surface area (Å²) in [6, 6.07) is 6.53. The molecule has 0 saturated carbocycles. The SMILES string of the molecule is CCC(CC)NC(=O)c1ccc(C(N)=O)cc1. The summed E-state index contributed by atoms with van der Waals surface area (Å²) in [5.41, 5.74) is 6.07. The van der Waals surface area contributed by atoms with Gasteiger partial charge >= 0.3 is 0 Å². The molecule has 0 aliphatic carbocycles. The summed E-state index contributed by atoms with van der Waals surface area (Å²) in [6.07, 6.45) is 1.81. The summed E-state index contributed by atoms with van der Waals surface area (Å²) in [5.74, 6) is -0.605. The summed E-state index contributed by atoms with van der Waals surface area (Å²) in [6.45, 7) is 4.06. The molecule has 92 valence electrons. The zero-order valence-electron chi connectivity index (χ0n) is 10.2. The summed E-state index contributed by atoms with van der Waals surface area (Å²) < 4.78 is 0. The van der Waals surface area contributed by atoms with Crippen LogP contribution >= 0.6 is 0 Å². The van der Waals surface area contributed by atoms with Crippen LogP contribution in [0.1, 0.15) is 47.4 Å². The molecule has 4 heteroatoms. The maximum atomic E-state index is 11.8. The van der Waals surface area contributed by atoms with Crippen LogP contribution in [0.3, 0.4) is 0 Å². The van der Waals surface area contributed by atoms with Crippen LogP contribution in [-0.2, 0) is 0 Å². The third-order valence-corrected chi connectivity index (χ3v) is 2.75. The highest BCUT2D eigenvalue weighted by molar-refractivity contribution is 5.97. The van der Waals surface area contributed by atoms with Crippen LogP contribution in [0.25, 0.3) is 0 Å². The second-order valence-corrected chi connectivity index (χ2v) is 3.93. The molecule has 0 aromatic heterocycles. The lowest BCUT2D eigenvalue weighted by atomic mass is 10.1. The van der Waals surface area contributed by atoms with Crippen LogP contribution in [0, 0.1) is 0 Å². The molecular formula is C13H18N2O2. The maximum absolute atomic E-state index is 11.8. The van der Waals surface area contributed by atoms with E-state index in [1.807, 2.05) is 13.8 Å². The van der Waals surface area contributed by atoms with Crippen LogP contribution in [-0.4, -0.2) is 17.9 Å². The Morgan fingerprint density at radius 1 is 1.12 bits per heavy atom. The van der Waals surface area contributed by atoms with Crippen molar-refractivity contribution in [2.45, 2.75) is 32.7 Å². The van der Waals surface area contributed by atoms with Crippen LogP contribution < -0.4 is 11.1 Å². The zero-order valence-corrected chi connectivity index (χ0v) is 10.2. The maximum Gasteiger partial charge on any atom is 0.251 e. The van der Waals surface area contributed by atoms with Crippen molar-refractivity contribution in [2.75, 3.05) is 0 Å². The van der Waals surface area contributed by atoms with Gasteiger partial charge in [0, 0.05) is 17.2 Å². The van der Waals surface area contributed by atoms with Crippen LogP contribution in [0.2, 0.25) is 0 Å². The Balaban J connectivity index is 2.73. The molecule has 17 heavy (non-hydrogen) atoms. The number of rotatable bonds is 5. The minimum atomic E-state index is -0.489. The number of benzene rings is 1. The lowest BCUT2D eigenvalue weighted by Gasteiger charge is -2.14. The van der Waals surface area contributed by atoms with Gasteiger partial charge in [0.15, 0.2) is 0 Å². The van der Waals surface area contributed by atoms with Crippen molar-refractivity contribution in [3.05, 3.63) is 35.4 Å². The first-order chi connectivity index (χ1) is 8.08. The van der Waals surface area contributed by atoms with E-state index in [9.17, 15) is 9.59 Å². The van der Waals surface area contributed by atoms with Crippen molar-refractivity contribution in [2.24, 2.45) is 5.73 Å². The molecule has 1 aromatic carbocycles. The zero-order chi connectivity index (χ0) is 12.8. The van der Waals surface area contributed by atoms with E-state index in [1.165, 1.54) is 0 Å². The Hall–Kier alpha value is -1.84. The molecule has 0 heterocycles. The Morgan fingerprint density at radius 2 is 1.59 bits per heavy atom. The number of hydrogen-bond acceptors (Lipinski definition) is 2. The molecule has 0 saturated heterocycles. The van der Waals surface area contributed by atoms with Gasteiger partial charge in [0.05, 0.1) is 0 Å². The third kappa shape index (κ3) is 3.59. The van der Waals surface area contributed by atoms with Crippen molar-refractivity contribution >= 4 is 11.8 Å². The highest BCUT2D eigenvalue weighted by atomic mass is 16.2. The van der Waals surface area contributed by atoms with E-state index in [0.29, 0.717) is 11.1 Å². The first-order valence-corrected chi connectivity index (χ1v) is 5.79. The molecule has 0 unspecified atom stereocenters. The van der Waals surface area contributed by atoms with Crippen LogP contribution in [0.15, 0.2) is 24.3 Å². The number of nitrogens with two attached hydrogens (primary N) is 1. The van der Waals surface area contributed by atoms with Crippen molar-refractivity contribution in [3.63, 3.8) is 0 Å². The molecule has 0 bridgehead atoms. The van der Waals surface area contributed by atoms with Gasteiger partial charge in [-0.2, -0.15) is 0 Å². The van der Waals surface area contributed by atoms with Crippen molar-refractivity contribution in [1.29, 1.82) is 0 Å². The number of carbonyl (C=O) groups excluding carboxylic acids is 2. The Morgan fingerprint density at radius 3 is 2.00 bits per heavy atom. The molecular weight excluding hydrogens is 216 g/mol. The van der Waals surface area contributed by atoms with E-state index in [-0.39, 0.29) is 11.9 Å². The smallest absolute Gasteiger partial charge is 0.251 e. The Bertz CT molecular complexity index is 394. The predicted molar refractivity (Wildman–Crippen MR) is 66.8 cm³/mol. The molecule has 4 nitrogen and oxygen atoms in total. The van der Waals surface area contributed by atoms with Gasteiger partial charge in [-0.1, -0.05) is 13.8 Å². The first-order valence-electron chi connectivity index (χ1n) is 5.79. The highest BCUT2D eigenvalue weighted by Crippen LogP contribution is 2.05. The van der Waals surface area contributed by atoms with Gasteiger partial charge in [0.2, 0.25) is 5.91 Å². The van der Waals surface area contributed by atoms with Gasteiger partial charge in [-0.25, -0.2) is 0 Å². The minimum absolute atomic E-state index is 0.116. The van der Waals surface area contributed by atoms with Crippen molar-refractivity contribution < 1.29 is 9.59 Å². The van der Waals surface area contributed by atoms with E-state index < -0.39 is 5.91 Å². The molecule has 1 aromatic rings. The van der Waals surface area contributed by atoms with E-state index in [1.54, 1.807) is 24.3 Å². The van der Waals surface area contributed by atoms with Crippen molar-refractivity contribution in [1.82, 2.24) is 5.32 Å². The Labute approximate surface area is 101 Å². The van der Waals surface area contributed by atoms with Gasteiger partial charge in [-0.05, 0) is 37.1 Å². The molecule has 2 amide bonds. The standard InChI is InChI=1S/C13H18N2O2/c1-3-11(4-2)15-13(17)10-7-5-9(6-8-10)12(14)16/h5-8,11H,3-4H2,1-2H3,(H2,14,16)(H,15,17). The number of amides is 2. The van der Waals surface area contributed by atoms with Crippen molar-refractivity contribution in [3.8, 4) is 0 Å². The fraction of sp³-hybridized carbons (Fsp3) is 0.385. The molecule has 0 aliphatic heterocycles. The fourth-order valence-corrected chi connectivity index (χ4v) is 1.55. The van der Waals surface area contributed by atoms with Crippen LogP contribution in [0.4, 0.5) is 0 Å². The van der Waals surface area contributed by atoms with E-state index in [4.69, 9.17) is 5.73 Å². The Kier molecular flexibility index (Phi) is 4.69. The largest absolute Gasteiger partial charge is 0.366 e. The number of primary amides is 1. The fourth-order valence-electron chi connectivity index (χ4n) is 1.55. The van der Waals surface area contributed by atoms with E-state index in [0.717, 1.165) is 12.8 Å². The van der Waals surface area contributed by atoms with Gasteiger partial charge in [-0.3, -0.25) is 9.59 Å². The predicted octanol–water partition coefficient (Wildman–Crippen LogP) is 1.70. The average molecular weight is 234 g/mol. The summed E-state index contributed by atoms with van der Waals surface area (Å²) in [5, 5.41) is 2.93. The first kappa shape index (κ1) is 13.2. The van der Waals surface area contributed by atoms with E-state index >= 15 is 0 Å². The summed E-state index contributed by atoms with van der Waals surface area (Å²) in [4.78, 5) is 22.7. The minimum Gasteiger partial charge on any atom is -0.366 e. The molecule has 1 rings (SSSR count). The van der Waals surface area contributed by atoms with Gasteiger partial charge in [0.25, 0.3) is 5.91 Å². The second kappa shape index (κ2) is 6.03. The molecule has 0 radical (unpaired) electrons. The summed E-state index contributed by atoms with van der Waals surface area (Å²) >= 11 is 0. The van der Waals surface area contributed by atoms with E-state index in [2.05, 4.69) is 5.32 Å². The normalized spacial score (nSPS) is 10.3. The topological polar surface area (TPSA) is 72.2 Å². The average Bonchev–Trinajstić information content (AvgIpc) is 2.35. The number of hydrogen-bond donors (Lipinski definition) is 2. The lowest BCUT2D eigenvalue weighted by molar-refractivity contribution is 0.0932. The molecule has 0 spiro atoms. The number of nitrogens with one attached hydrogen (secondary N) is 1. The third-order valence-electron chi connectivity index (χ3n) is 2.75. The monoisotopic (exact) mass is 234 g/mol. The molecule has 0 atom stereocenters. The lowest BCUT2D eigenvalue weighted by Crippen LogP contribution is -2.33. The summed E-state index contributed by atoms with van der Waals surface area (Å²) in [7, 11) is 0. The number of carbonyl (C=O) groups is 2. The molecule has 3 N–H and O–H groups in total. The molecule has 0 aliphatic rings. The quantitative estimate of drug-likeness (QED) is 0.814. The van der Waals surface area contributed by atoms with Gasteiger partial charge in [-0.15, -0.1) is 0 Å². The van der Waals surface area contributed by atoms with Gasteiger partial charge < -0.3 is 11.1 Å².